The van der Waals surface area contributed by atoms with Crippen molar-refractivity contribution in [2.24, 2.45) is 4.99 Å². The van der Waals surface area contributed by atoms with Crippen molar-refractivity contribution in [3.63, 3.8) is 0 Å². The summed E-state index contributed by atoms with van der Waals surface area (Å²) in [4.78, 5) is 7.06. The van der Waals surface area contributed by atoms with Crippen molar-refractivity contribution in [1.82, 2.24) is 4.90 Å². The molecule has 1 fully saturated rings. The molecule has 3 heteroatoms. The summed E-state index contributed by atoms with van der Waals surface area (Å²) in [7, 11) is 1.87. The summed E-state index contributed by atoms with van der Waals surface area (Å²) in [6.45, 7) is 17.3. The maximum atomic E-state index is 14.3. The predicted octanol–water partition coefficient (Wildman–Crippen LogP) is 7.11. The molecule has 158 valence electrons. The molecule has 0 saturated heterocycles. The first kappa shape index (κ1) is 23.1. The zero-order valence-corrected chi connectivity index (χ0v) is 18.9. The Morgan fingerprint density at radius 3 is 2.38 bits per heavy atom. The molecule has 0 unspecified atom stereocenters. The van der Waals surface area contributed by atoms with Gasteiger partial charge in [-0.1, -0.05) is 45.1 Å². The number of hydrogen-bond acceptors (Lipinski definition) is 1. The summed E-state index contributed by atoms with van der Waals surface area (Å²) >= 11 is 0. The lowest BCUT2D eigenvalue weighted by Gasteiger charge is -2.36. The van der Waals surface area contributed by atoms with Gasteiger partial charge in [-0.05, 0) is 74.4 Å². The van der Waals surface area contributed by atoms with Crippen LogP contribution in [0.15, 0.2) is 59.3 Å². The molecule has 1 saturated carbocycles. The molecule has 0 bridgehead atoms. The molecule has 0 aliphatic heterocycles. The van der Waals surface area contributed by atoms with Gasteiger partial charge < -0.3 is 4.90 Å². The van der Waals surface area contributed by atoms with Gasteiger partial charge in [0.1, 0.15) is 11.7 Å². The SMILES string of the molecule is C=C/C(C)=C(/C(=C)C)N(CCC)/C(CC1(c2cc(C)cc(F)c2)CCCC1)=N\C. The molecule has 1 aliphatic rings. The molecule has 0 atom stereocenters. The van der Waals surface area contributed by atoms with E-state index in [4.69, 9.17) is 4.99 Å². The fraction of sp³-hybridized carbons (Fsp3) is 0.500. The minimum atomic E-state index is -0.142. The molecule has 1 aromatic rings. The minimum absolute atomic E-state index is 0.0596. The van der Waals surface area contributed by atoms with Crippen LogP contribution in [0.5, 0.6) is 0 Å². The number of nitrogens with zero attached hydrogens (tertiary/aromatic N) is 2. The Bertz CT molecular complexity index is 790. The number of amidine groups is 1. The van der Waals surface area contributed by atoms with Crippen LogP contribution in [0.2, 0.25) is 0 Å². The van der Waals surface area contributed by atoms with E-state index in [0.29, 0.717) is 0 Å². The van der Waals surface area contributed by atoms with Gasteiger partial charge in [-0.3, -0.25) is 4.99 Å². The molecule has 29 heavy (non-hydrogen) atoms. The van der Waals surface area contributed by atoms with Gasteiger partial charge in [0.15, 0.2) is 0 Å². The largest absolute Gasteiger partial charge is 0.330 e. The van der Waals surface area contributed by atoms with Crippen molar-refractivity contribution in [1.29, 1.82) is 0 Å². The molecule has 2 nitrogen and oxygen atoms in total. The second-order valence-electron chi connectivity index (χ2n) is 8.49. The van der Waals surface area contributed by atoms with Crippen molar-refractivity contribution >= 4 is 5.84 Å². The van der Waals surface area contributed by atoms with Crippen molar-refractivity contribution < 1.29 is 4.39 Å². The van der Waals surface area contributed by atoms with Crippen LogP contribution in [0.25, 0.3) is 0 Å². The lowest BCUT2D eigenvalue weighted by atomic mass is 9.75. The summed E-state index contributed by atoms with van der Waals surface area (Å²) in [6.07, 6.45) is 8.20. The van der Waals surface area contributed by atoms with Crippen molar-refractivity contribution in [2.45, 2.75) is 71.6 Å². The Kier molecular flexibility index (Phi) is 8.01. The van der Waals surface area contributed by atoms with Gasteiger partial charge in [-0.2, -0.15) is 0 Å². The van der Waals surface area contributed by atoms with E-state index in [9.17, 15) is 4.39 Å². The first-order valence-corrected chi connectivity index (χ1v) is 10.8. The molecule has 0 heterocycles. The van der Waals surface area contributed by atoms with Gasteiger partial charge in [-0.25, -0.2) is 4.39 Å². The van der Waals surface area contributed by atoms with Crippen LogP contribution in [-0.4, -0.2) is 24.3 Å². The highest BCUT2D eigenvalue weighted by Gasteiger charge is 2.38. The van der Waals surface area contributed by atoms with E-state index in [1.54, 1.807) is 12.1 Å². The van der Waals surface area contributed by atoms with Crippen LogP contribution in [0.4, 0.5) is 4.39 Å². The van der Waals surface area contributed by atoms with Gasteiger partial charge in [0, 0.05) is 31.1 Å². The van der Waals surface area contributed by atoms with Crippen LogP contribution >= 0.6 is 0 Å². The lowest BCUT2D eigenvalue weighted by molar-refractivity contribution is 0.417. The Balaban J connectivity index is 2.52. The predicted molar refractivity (Wildman–Crippen MR) is 124 cm³/mol. The molecule has 0 N–H and O–H groups in total. The molecule has 1 aliphatic carbocycles. The first-order valence-electron chi connectivity index (χ1n) is 10.8. The van der Waals surface area contributed by atoms with Gasteiger partial charge in [0.05, 0.1) is 0 Å². The van der Waals surface area contributed by atoms with Crippen LogP contribution in [0.1, 0.15) is 70.4 Å². The quantitative estimate of drug-likeness (QED) is 0.260. The fourth-order valence-electron chi connectivity index (χ4n) is 4.73. The zero-order chi connectivity index (χ0) is 21.6. The Morgan fingerprint density at radius 1 is 1.24 bits per heavy atom. The number of aliphatic imine (C=N–C) groups is 1. The third-order valence-corrected chi connectivity index (χ3v) is 6.08. The number of aryl methyl sites for hydroxylation is 1. The second-order valence-corrected chi connectivity index (χ2v) is 8.49. The highest BCUT2D eigenvalue weighted by atomic mass is 19.1. The van der Waals surface area contributed by atoms with Crippen LogP contribution in [-0.2, 0) is 5.41 Å². The summed E-state index contributed by atoms with van der Waals surface area (Å²) in [6, 6.07) is 5.51. The van der Waals surface area contributed by atoms with Gasteiger partial charge in [0.2, 0.25) is 0 Å². The first-order chi connectivity index (χ1) is 13.8. The molecule has 0 spiro atoms. The van der Waals surface area contributed by atoms with Gasteiger partial charge >= 0.3 is 0 Å². The van der Waals surface area contributed by atoms with Crippen molar-refractivity contribution in [3.05, 3.63) is 71.2 Å². The third kappa shape index (κ3) is 5.26. The maximum Gasteiger partial charge on any atom is 0.123 e. The normalized spacial score (nSPS) is 17.1. The topological polar surface area (TPSA) is 15.6 Å². The number of allylic oxidation sites excluding steroid dienone is 3. The second kappa shape index (κ2) is 10.0. The zero-order valence-electron chi connectivity index (χ0n) is 18.9. The molecule has 0 radical (unpaired) electrons. The summed E-state index contributed by atoms with van der Waals surface area (Å²) in [5.74, 6) is 0.909. The van der Waals surface area contributed by atoms with Crippen LogP contribution in [0, 0.1) is 12.7 Å². The molecule has 2 rings (SSSR count). The van der Waals surface area contributed by atoms with Gasteiger partial charge in [-0.15, -0.1) is 0 Å². The highest BCUT2D eigenvalue weighted by Crippen LogP contribution is 2.45. The summed E-state index contributed by atoms with van der Waals surface area (Å²) in [5.41, 5.74) is 5.26. The molecular weight excluding hydrogens is 359 g/mol. The van der Waals surface area contributed by atoms with E-state index in [-0.39, 0.29) is 11.2 Å². The average Bonchev–Trinajstić information content (AvgIpc) is 3.14. The molecule has 0 amide bonds. The lowest BCUT2D eigenvalue weighted by Crippen LogP contribution is -2.38. The Morgan fingerprint density at radius 2 is 1.90 bits per heavy atom. The smallest absolute Gasteiger partial charge is 0.123 e. The maximum absolute atomic E-state index is 14.3. The highest BCUT2D eigenvalue weighted by molar-refractivity contribution is 5.86. The average molecular weight is 397 g/mol. The summed E-state index contributed by atoms with van der Waals surface area (Å²) < 4.78 is 14.3. The standard InChI is InChI=1S/C26H37FN2/c1-8-14-29(25(19(3)4)21(6)9-2)24(28-7)18-26(12-10-11-13-26)22-15-20(5)16-23(27)17-22/h9,15-17H,2-3,8,10-14,18H2,1,4-7H3/b25-21-,28-24-. The molecular formula is C26H37FN2. The van der Waals surface area contributed by atoms with E-state index in [2.05, 4.69) is 38.0 Å². The van der Waals surface area contributed by atoms with E-state index < -0.39 is 0 Å². The van der Waals surface area contributed by atoms with E-state index in [0.717, 1.165) is 66.0 Å². The fourth-order valence-corrected chi connectivity index (χ4v) is 4.73. The minimum Gasteiger partial charge on any atom is -0.330 e. The van der Waals surface area contributed by atoms with Crippen molar-refractivity contribution in [3.8, 4) is 0 Å². The van der Waals surface area contributed by atoms with Crippen LogP contribution < -0.4 is 0 Å². The number of halogens is 1. The van der Waals surface area contributed by atoms with E-state index >= 15 is 0 Å². The Hall–Kier alpha value is -2.16. The van der Waals surface area contributed by atoms with Gasteiger partial charge in [0.25, 0.3) is 0 Å². The monoisotopic (exact) mass is 396 g/mol. The number of benzene rings is 1. The summed E-state index contributed by atoms with van der Waals surface area (Å²) in [5, 5.41) is 0. The van der Waals surface area contributed by atoms with E-state index in [1.165, 1.54) is 12.8 Å². The number of hydrogen-bond donors (Lipinski definition) is 0. The van der Waals surface area contributed by atoms with E-state index in [1.807, 2.05) is 27.0 Å². The van der Waals surface area contributed by atoms with Crippen molar-refractivity contribution in [2.75, 3.05) is 13.6 Å². The Labute approximate surface area is 176 Å². The number of rotatable bonds is 8. The third-order valence-electron chi connectivity index (χ3n) is 6.08. The molecule has 0 aromatic heterocycles. The van der Waals surface area contributed by atoms with Crippen LogP contribution in [0.3, 0.4) is 0 Å². The molecule has 1 aromatic carbocycles.